The molecule has 1 N–H and O–H groups in total. The summed E-state index contributed by atoms with van der Waals surface area (Å²) in [5.74, 6) is -0.923. The van der Waals surface area contributed by atoms with Gasteiger partial charge in [0.05, 0.1) is 18.6 Å². The Morgan fingerprint density at radius 1 is 1.39 bits per heavy atom. The van der Waals surface area contributed by atoms with E-state index in [0.717, 1.165) is 0 Å². The summed E-state index contributed by atoms with van der Waals surface area (Å²) in [7, 11) is -1.84. The summed E-state index contributed by atoms with van der Waals surface area (Å²) in [5.41, 5.74) is 0.108. The van der Waals surface area contributed by atoms with Crippen LogP contribution in [0.2, 0.25) is 5.02 Å². The topological polar surface area (TPSA) is 98.8 Å². The van der Waals surface area contributed by atoms with Gasteiger partial charge < -0.3 is 14.8 Å². The van der Waals surface area contributed by atoms with Crippen LogP contribution in [0.4, 0.5) is 0 Å². The highest BCUT2D eigenvalue weighted by Crippen LogP contribution is 2.23. The van der Waals surface area contributed by atoms with Gasteiger partial charge >= 0.3 is 5.97 Å². The number of carbonyl (C=O) groups is 2. The molecule has 1 fully saturated rings. The van der Waals surface area contributed by atoms with Gasteiger partial charge in [0.15, 0.2) is 16.4 Å². The van der Waals surface area contributed by atoms with Crippen LogP contribution in [-0.2, 0) is 19.4 Å². The molecule has 1 aromatic rings. The molecule has 0 bridgehead atoms. The molecule has 0 aliphatic carbocycles. The zero-order valence-corrected chi connectivity index (χ0v) is 13.9. The van der Waals surface area contributed by atoms with E-state index in [1.807, 2.05) is 0 Å². The van der Waals surface area contributed by atoms with Gasteiger partial charge in [0.25, 0.3) is 5.91 Å². The second kappa shape index (κ2) is 7.18. The molecule has 1 aliphatic heterocycles. The molecule has 1 atom stereocenters. The largest absolute Gasteiger partial charge is 0.483 e. The number of hydrogen-bond donors (Lipinski definition) is 1. The zero-order valence-electron chi connectivity index (χ0n) is 12.4. The van der Waals surface area contributed by atoms with Crippen LogP contribution in [0.15, 0.2) is 18.2 Å². The standard InChI is InChI=1S/C14H16ClNO6S/c1-21-14(18)11-6-9(15)2-3-12(11)22-7-13(17)16-10-4-5-23(19,20)8-10/h2-3,6,10H,4-5,7-8H2,1H3,(H,16,17)/t10-/m0/s1. The quantitative estimate of drug-likeness (QED) is 0.779. The van der Waals surface area contributed by atoms with Gasteiger partial charge in [-0.05, 0) is 24.6 Å². The fourth-order valence-electron chi connectivity index (χ4n) is 2.22. The van der Waals surface area contributed by atoms with E-state index in [4.69, 9.17) is 16.3 Å². The second-order valence-electron chi connectivity index (χ2n) is 5.09. The van der Waals surface area contributed by atoms with Crippen molar-refractivity contribution in [2.45, 2.75) is 12.5 Å². The lowest BCUT2D eigenvalue weighted by molar-refractivity contribution is -0.123. The van der Waals surface area contributed by atoms with Crippen molar-refractivity contribution in [3.8, 4) is 5.75 Å². The molecule has 1 amide bonds. The molecule has 0 radical (unpaired) electrons. The fourth-order valence-corrected chi connectivity index (χ4v) is 4.06. The van der Waals surface area contributed by atoms with Crippen LogP contribution in [0.5, 0.6) is 5.75 Å². The molecule has 0 spiro atoms. The summed E-state index contributed by atoms with van der Waals surface area (Å²) in [6.07, 6.45) is 0.391. The third-order valence-corrected chi connectivity index (χ3v) is 5.31. The highest BCUT2D eigenvalue weighted by Gasteiger charge is 2.29. The number of methoxy groups -OCH3 is 1. The van der Waals surface area contributed by atoms with Crippen LogP contribution in [0.3, 0.4) is 0 Å². The Morgan fingerprint density at radius 2 is 2.13 bits per heavy atom. The first kappa shape index (κ1) is 17.6. The van der Waals surface area contributed by atoms with E-state index in [1.165, 1.54) is 25.3 Å². The van der Waals surface area contributed by atoms with Gasteiger partial charge in [0.1, 0.15) is 11.3 Å². The molecule has 23 heavy (non-hydrogen) atoms. The van der Waals surface area contributed by atoms with Crippen molar-refractivity contribution in [3.05, 3.63) is 28.8 Å². The highest BCUT2D eigenvalue weighted by molar-refractivity contribution is 7.91. The Bertz CT molecular complexity index is 718. The summed E-state index contributed by atoms with van der Waals surface area (Å²) < 4.78 is 32.6. The van der Waals surface area contributed by atoms with Crippen LogP contribution < -0.4 is 10.1 Å². The number of amides is 1. The van der Waals surface area contributed by atoms with E-state index in [2.05, 4.69) is 10.1 Å². The van der Waals surface area contributed by atoms with Gasteiger partial charge in [0, 0.05) is 11.1 Å². The molecule has 1 saturated heterocycles. The summed E-state index contributed by atoms with van der Waals surface area (Å²) in [5, 5.41) is 2.93. The van der Waals surface area contributed by atoms with Crippen molar-refractivity contribution in [1.29, 1.82) is 0 Å². The van der Waals surface area contributed by atoms with Crippen LogP contribution in [0.25, 0.3) is 0 Å². The molecule has 7 nitrogen and oxygen atoms in total. The Morgan fingerprint density at radius 3 is 2.74 bits per heavy atom. The van der Waals surface area contributed by atoms with Gasteiger partial charge in [-0.3, -0.25) is 4.79 Å². The van der Waals surface area contributed by atoms with E-state index in [1.54, 1.807) is 0 Å². The van der Waals surface area contributed by atoms with Crippen LogP contribution >= 0.6 is 11.6 Å². The molecular formula is C14H16ClNO6S. The van der Waals surface area contributed by atoms with Gasteiger partial charge in [0.2, 0.25) is 0 Å². The Hall–Kier alpha value is -1.80. The maximum Gasteiger partial charge on any atom is 0.341 e. The Kier molecular flexibility index (Phi) is 5.48. The average Bonchev–Trinajstić information content (AvgIpc) is 2.83. The number of esters is 1. The number of halogens is 1. The molecule has 1 heterocycles. The number of rotatable bonds is 5. The number of carbonyl (C=O) groups excluding carboxylic acids is 2. The summed E-state index contributed by atoms with van der Waals surface area (Å²) >= 11 is 5.82. The van der Waals surface area contributed by atoms with Crippen molar-refractivity contribution in [2.24, 2.45) is 0 Å². The average molecular weight is 362 g/mol. The molecule has 1 aromatic carbocycles. The Balaban J connectivity index is 1.95. The summed E-state index contributed by atoms with van der Waals surface area (Å²) in [4.78, 5) is 23.5. The third-order valence-electron chi connectivity index (χ3n) is 3.30. The normalized spacial score (nSPS) is 19.1. The SMILES string of the molecule is COC(=O)c1cc(Cl)ccc1OCC(=O)N[C@H]1CCS(=O)(=O)C1. The minimum Gasteiger partial charge on any atom is -0.483 e. The lowest BCUT2D eigenvalue weighted by atomic mass is 10.2. The maximum absolute atomic E-state index is 11.8. The van der Waals surface area contributed by atoms with Crippen LogP contribution in [0.1, 0.15) is 16.8 Å². The van der Waals surface area contributed by atoms with E-state index < -0.39 is 27.8 Å². The monoisotopic (exact) mass is 361 g/mol. The fraction of sp³-hybridized carbons (Fsp3) is 0.429. The minimum absolute atomic E-state index is 0.0624. The van der Waals surface area contributed by atoms with Crippen molar-refractivity contribution in [1.82, 2.24) is 5.32 Å². The summed E-state index contributed by atoms with van der Waals surface area (Å²) in [6.45, 7) is -0.345. The van der Waals surface area contributed by atoms with Crippen molar-refractivity contribution < 1.29 is 27.5 Å². The summed E-state index contributed by atoms with van der Waals surface area (Å²) in [6, 6.07) is 3.96. The van der Waals surface area contributed by atoms with Crippen LogP contribution in [0, 0.1) is 0 Å². The van der Waals surface area contributed by atoms with Gasteiger partial charge in [-0.1, -0.05) is 11.6 Å². The molecule has 1 aliphatic rings. The van der Waals surface area contributed by atoms with Gasteiger partial charge in [-0.15, -0.1) is 0 Å². The number of nitrogens with one attached hydrogen (secondary N) is 1. The Labute approximate surface area is 138 Å². The molecular weight excluding hydrogens is 346 g/mol. The minimum atomic E-state index is -3.07. The van der Waals surface area contributed by atoms with Gasteiger partial charge in [-0.25, -0.2) is 13.2 Å². The maximum atomic E-state index is 11.8. The molecule has 2 rings (SSSR count). The smallest absolute Gasteiger partial charge is 0.341 e. The number of ether oxygens (including phenoxy) is 2. The van der Waals surface area contributed by atoms with Crippen molar-refractivity contribution in [2.75, 3.05) is 25.2 Å². The predicted molar refractivity (Wildman–Crippen MR) is 83.5 cm³/mol. The third kappa shape index (κ3) is 4.84. The molecule has 9 heteroatoms. The zero-order chi connectivity index (χ0) is 17.0. The van der Waals surface area contributed by atoms with Crippen molar-refractivity contribution >= 4 is 33.3 Å². The predicted octanol–water partition coefficient (Wildman–Crippen LogP) is 0.809. The van der Waals surface area contributed by atoms with E-state index in [9.17, 15) is 18.0 Å². The van der Waals surface area contributed by atoms with Crippen molar-refractivity contribution in [3.63, 3.8) is 0 Å². The lowest BCUT2D eigenvalue weighted by Crippen LogP contribution is -2.38. The highest BCUT2D eigenvalue weighted by atomic mass is 35.5. The van der Waals surface area contributed by atoms with E-state index >= 15 is 0 Å². The molecule has 0 saturated carbocycles. The number of hydrogen-bond acceptors (Lipinski definition) is 6. The number of sulfone groups is 1. The number of benzene rings is 1. The van der Waals surface area contributed by atoms with Gasteiger partial charge in [-0.2, -0.15) is 0 Å². The van der Waals surface area contributed by atoms with E-state index in [0.29, 0.717) is 11.4 Å². The first-order valence-electron chi connectivity index (χ1n) is 6.81. The first-order chi connectivity index (χ1) is 10.8. The second-order valence-corrected chi connectivity index (χ2v) is 7.75. The van der Waals surface area contributed by atoms with Crippen LogP contribution in [-0.4, -0.2) is 51.6 Å². The molecule has 0 unspecified atom stereocenters. The lowest BCUT2D eigenvalue weighted by Gasteiger charge is -2.13. The molecule has 126 valence electrons. The molecule has 0 aromatic heterocycles. The first-order valence-corrected chi connectivity index (χ1v) is 9.01. The van der Waals surface area contributed by atoms with E-state index in [-0.39, 0.29) is 29.4 Å².